The number of amides is 1. The van der Waals surface area contributed by atoms with E-state index in [2.05, 4.69) is 0 Å². The molecule has 0 radical (unpaired) electrons. The Kier molecular flexibility index (Phi) is 7.57. The topological polar surface area (TPSA) is 96.7 Å². The van der Waals surface area contributed by atoms with Crippen LogP contribution < -0.4 is 29.3 Å². The number of nitrogens with zero attached hydrogens (tertiary/aromatic N) is 1. The third-order valence-electron chi connectivity index (χ3n) is 6.59. The minimum Gasteiger partial charge on any atom is -0.496 e. The van der Waals surface area contributed by atoms with Crippen LogP contribution in [0, 0.1) is 0 Å². The van der Waals surface area contributed by atoms with E-state index in [0.29, 0.717) is 50.8 Å². The van der Waals surface area contributed by atoms with Crippen molar-refractivity contribution in [2.75, 3.05) is 48.6 Å². The predicted octanol–water partition coefficient (Wildman–Crippen LogP) is 3.98. The second-order valence-electron chi connectivity index (χ2n) is 8.50. The lowest BCUT2D eigenvalue weighted by atomic mass is 9.85. The van der Waals surface area contributed by atoms with E-state index in [9.17, 15) is 9.59 Å². The summed E-state index contributed by atoms with van der Waals surface area (Å²) in [6, 6.07) is 8.34. The normalized spacial score (nSPS) is 14.0. The van der Waals surface area contributed by atoms with Crippen molar-refractivity contribution in [3.8, 4) is 28.7 Å². The SMILES string of the molecule is COc1cc([C@@H](CC(=O)N2CCCC2)c2c(OC)cc(OC)c3ccc(=O)oc23)cc(OC)c1OC. The summed E-state index contributed by atoms with van der Waals surface area (Å²) in [5, 5.41) is 0.596. The molecule has 2 heterocycles. The molecule has 0 unspecified atom stereocenters. The fraction of sp³-hybridized carbons (Fsp3) is 0.407. The Labute approximate surface area is 209 Å². The molecule has 2 aromatic carbocycles. The number of carbonyl (C=O) groups excluding carboxylic acids is 1. The summed E-state index contributed by atoms with van der Waals surface area (Å²) >= 11 is 0. The van der Waals surface area contributed by atoms with E-state index < -0.39 is 11.5 Å². The molecule has 4 rings (SSSR count). The number of rotatable bonds is 9. The molecule has 1 aliphatic heterocycles. The Hall–Kier alpha value is -3.88. The zero-order valence-corrected chi connectivity index (χ0v) is 21.2. The molecule has 0 saturated carbocycles. The molecule has 36 heavy (non-hydrogen) atoms. The highest BCUT2D eigenvalue weighted by atomic mass is 16.5. The number of ether oxygens (including phenoxy) is 5. The first-order valence-corrected chi connectivity index (χ1v) is 11.7. The van der Waals surface area contributed by atoms with Gasteiger partial charge in [0.15, 0.2) is 11.5 Å². The number of methoxy groups -OCH3 is 5. The molecule has 1 saturated heterocycles. The smallest absolute Gasteiger partial charge is 0.336 e. The Morgan fingerprint density at radius 2 is 1.47 bits per heavy atom. The van der Waals surface area contributed by atoms with E-state index >= 15 is 0 Å². The lowest BCUT2D eigenvalue weighted by Gasteiger charge is -2.25. The average Bonchev–Trinajstić information content (AvgIpc) is 3.45. The van der Waals surface area contributed by atoms with Gasteiger partial charge in [0.1, 0.15) is 17.1 Å². The van der Waals surface area contributed by atoms with Crippen molar-refractivity contribution in [3.05, 3.63) is 51.9 Å². The van der Waals surface area contributed by atoms with Crippen LogP contribution in [0.15, 0.2) is 39.5 Å². The quantitative estimate of drug-likeness (QED) is 0.410. The average molecular weight is 498 g/mol. The summed E-state index contributed by atoms with van der Waals surface area (Å²) in [6.07, 6.45) is 2.07. The second kappa shape index (κ2) is 10.8. The molecule has 0 N–H and O–H groups in total. The van der Waals surface area contributed by atoms with E-state index in [1.54, 1.807) is 24.3 Å². The van der Waals surface area contributed by atoms with Gasteiger partial charge < -0.3 is 33.0 Å². The van der Waals surface area contributed by atoms with E-state index in [-0.39, 0.29) is 12.3 Å². The van der Waals surface area contributed by atoms with Crippen LogP contribution in [-0.4, -0.2) is 59.4 Å². The minimum absolute atomic E-state index is 0.00412. The number of carbonyl (C=O) groups is 1. The fourth-order valence-electron chi connectivity index (χ4n) is 4.82. The van der Waals surface area contributed by atoms with Crippen LogP contribution >= 0.6 is 0 Å². The first kappa shape index (κ1) is 25.2. The van der Waals surface area contributed by atoms with Crippen LogP contribution in [0.3, 0.4) is 0 Å². The summed E-state index contributed by atoms with van der Waals surface area (Å²) < 4.78 is 33.7. The molecule has 1 aromatic heterocycles. The molecular weight excluding hydrogens is 466 g/mol. The largest absolute Gasteiger partial charge is 0.496 e. The van der Waals surface area contributed by atoms with Crippen LogP contribution in [0.25, 0.3) is 11.0 Å². The molecule has 1 amide bonds. The van der Waals surface area contributed by atoms with Gasteiger partial charge in [0.25, 0.3) is 0 Å². The van der Waals surface area contributed by atoms with Crippen LogP contribution in [0.1, 0.15) is 36.3 Å². The Morgan fingerprint density at radius 3 is 2.03 bits per heavy atom. The highest BCUT2D eigenvalue weighted by molar-refractivity contribution is 5.90. The summed E-state index contributed by atoms with van der Waals surface area (Å²) in [4.78, 5) is 27.6. The van der Waals surface area contributed by atoms with Crippen molar-refractivity contribution >= 4 is 16.9 Å². The van der Waals surface area contributed by atoms with E-state index in [1.807, 2.05) is 4.90 Å². The number of likely N-dealkylation sites (tertiary alicyclic amines) is 1. The molecule has 0 bridgehead atoms. The van der Waals surface area contributed by atoms with Crippen molar-refractivity contribution in [1.29, 1.82) is 0 Å². The van der Waals surface area contributed by atoms with Crippen molar-refractivity contribution in [1.82, 2.24) is 4.90 Å². The van der Waals surface area contributed by atoms with Crippen molar-refractivity contribution in [3.63, 3.8) is 0 Å². The van der Waals surface area contributed by atoms with Crippen LogP contribution in [0.2, 0.25) is 0 Å². The highest BCUT2D eigenvalue weighted by Crippen LogP contribution is 2.47. The molecule has 1 aliphatic rings. The van der Waals surface area contributed by atoms with Gasteiger partial charge in [-0.3, -0.25) is 4.79 Å². The monoisotopic (exact) mass is 497 g/mol. The maximum Gasteiger partial charge on any atom is 0.336 e. The van der Waals surface area contributed by atoms with Gasteiger partial charge in [-0.2, -0.15) is 0 Å². The molecule has 0 spiro atoms. The third-order valence-corrected chi connectivity index (χ3v) is 6.59. The van der Waals surface area contributed by atoms with Gasteiger partial charge in [-0.15, -0.1) is 0 Å². The Bertz CT molecular complexity index is 1280. The zero-order chi connectivity index (χ0) is 25.8. The lowest BCUT2D eigenvalue weighted by molar-refractivity contribution is -0.130. The maximum atomic E-state index is 13.4. The summed E-state index contributed by atoms with van der Waals surface area (Å²) in [5.41, 5.74) is 1.06. The van der Waals surface area contributed by atoms with Gasteiger partial charge in [-0.1, -0.05) is 0 Å². The fourth-order valence-corrected chi connectivity index (χ4v) is 4.82. The van der Waals surface area contributed by atoms with E-state index in [4.69, 9.17) is 28.1 Å². The first-order chi connectivity index (χ1) is 17.4. The van der Waals surface area contributed by atoms with Gasteiger partial charge in [0, 0.05) is 43.1 Å². The lowest BCUT2D eigenvalue weighted by Crippen LogP contribution is -2.29. The molecule has 0 aliphatic carbocycles. The summed E-state index contributed by atoms with van der Waals surface area (Å²) in [7, 11) is 7.66. The Morgan fingerprint density at radius 1 is 0.861 bits per heavy atom. The summed E-state index contributed by atoms with van der Waals surface area (Å²) in [5.74, 6) is 1.70. The number of hydrogen-bond acceptors (Lipinski definition) is 8. The molecule has 1 fully saturated rings. The van der Waals surface area contributed by atoms with Crippen LogP contribution in [0.4, 0.5) is 0 Å². The second-order valence-corrected chi connectivity index (χ2v) is 8.50. The molecule has 9 nitrogen and oxygen atoms in total. The van der Waals surface area contributed by atoms with E-state index in [0.717, 1.165) is 25.9 Å². The predicted molar refractivity (Wildman–Crippen MR) is 134 cm³/mol. The van der Waals surface area contributed by atoms with Crippen molar-refractivity contribution in [2.24, 2.45) is 0 Å². The van der Waals surface area contributed by atoms with Crippen LogP contribution in [0.5, 0.6) is 28.7 Å². The van der Waals surface area contributed by atoms with Crippen LogP contribution in [-0.2, 0) is 4.79 Å². The third kappa shape index (κ3) is 4.65. The first-order valence-electron chi connectivity index (χ1n) is 11.7. The standard InChI is InChI=1S/C27H31NO8/c1-31-19-15-20(32-2)25(26-17(19)8-9-24(30)36-26)18(14-23(29)28-10-6-7-11-28)16-12-21(33-3)27(35-5)22(13-16)34-4/h8-9,12-13,15,18H,6-7,10-11,14H2,1-5H3/t18-/m1/s1. The van der Waals surface area contributed by atoms with Crippen molar-refractivity contribution < 1.29 is 32.9 Å². The number of hydrogen-bond donors (Lipinski definition) is 0. The van der Waals surface area contributed by atoms with Crippen molar-refractivity contribution in [2.45, 2.75) is 25.2 Å². The van der Waals surface area contributed by atoms with E-state index in [1.165, 1.54) is 41.6 Å². The maximum absolute atomic E-state index is 13.4. The number of benzene rings is 2. The number of fused-ring (bicyclic) bond motifs is 1. The molecule has 1 atom stereocenters. The van der Waals surface area contributed by atoms with Gasteiger partial charge >= 0.3 is 5.63 Å². The van der Waals surface area contributed by atoms with Gasteiger partial charge in [0.05, 0.1) is 40.9 Å². The van der Waals surface area contributed by atoms with Gasteiger partial charge in [-0.05, 0) is 36.6 Å². The highest BCUT2D eigenvalue weighted by Gasteiger charge is 2.31. The van der Waals surface area contributed by atoms with Gasteiger partial charge in [0.2, 0.25) is 11.7 Å². The Balaban J connectivity index is 2.00. The minimum atomic E-state index is -0.555. The molecule has 9 heteroatoms. The molecule has 192 valence electrons. The van der Waals surface area contributed by atoms with Gasteiger partial charge in [-0.25, -0.2) is 4.79 Å². The molecule has 3 aromatic rings. The molecular formula is C27H31NO8. The summed E-state index contributed by atoms with van der Waals surface area (Å²) in [6.45, 7) is 1.44. The zero-order valence-electron chi connectivity index (χ0n) is 21.2.